The van der Waals surface area contributed by atoms with E-state index in [9.17, 15) is 0 Å². The lowest BCUT2D eigenvalue weighted by molar-refractivity contribution is 1.21. The van der Waals surface area contributed by atoms with Gasteiger partial charge in [-0.05, 0) is 103 Å². The third-order valence-corrected chi connectivity index (χ3v) is 9.36. The number of rotatable bonds is 5. The summed E-state index contributed by atoms with van der Waals surface area (Å²) < 4.78 is 0. The van der Waals surface area contributed by atoms with Crippen LogP contribution in [0.5, 0.6) is 0 Å². The third-order valence-electron chi connectivity index (χ3n) is 9.36. The van der Waals surface area contributed by atoms with Gasteiger partial charge in [-0.25, -0.2) is 0 Å². The van der Waals surface area contributed by atoms with Crippen molar-refractivity contribution in [2.24, 2.45) is 0 Å². The van der Waals surface area contributed by atoms with Crippen molar-refractivity contribution in [3.63, 3.8) is 0 Å². The first-order valence-electron chi connectivity index (χ1n) is 15.5. The highest BCUT2D eigenvalue weighted by Crippen LogP contribution is 2.44. The minimum absolute atomic E-state index is 1.12. The molecule has 212 valence electrons. The van der Waals surface area contributed by atoms with Crippen LogP contribution in [0.15, 0.2) is 164 Å². The van der Waals surface area contributed by atoms with Gasteiger partial charge in [-0.3, -0.25) is 0 Å². The average Bonchev–Trinajstić information content (AvgIpc) is 3.11. The summed E-state index contributed by atoms with van der Waals surface area (Å²) in [5.41, 5.74) is 5.73. The molecule has 0 atom stereocenters. The van der Waals surface area contributed by atoms with Crippen LogP contribution in [0.25, 0.3) is 53.9 Å². The molecule has 0 aliphatic carbocycles. The Morgan fingerprint density at radius 2 is 0.867 bits per heavy atom. The summed E-state index contributed by atoms with van der Waals surface area (Å²) in [5, 5.41) is 13.0. The van der Waals surface area contributed by atoms with E-state index < -0.39 is 0 Å². The average molecular weight is 575 g/mol. The van der Waals surface area contributed by atoms with E-state index >= 15 is 0 Å². The fourth-order valence-electron chi connectivity index (χ4n) is 7.23. The maximum Gasteiger partial charge on any atom is 0.0488 e. The van der Waals surface area contributed by atoms with E-state index in [1.165, 1.54) is 59.5 Å². The molecular formula is C43H30N2. The molecule has 0 N–H and O–H groups in total. The molecule has 9 aromatic rings. The van der Waals surface area contributed by atoms with Gasteiger partial charge < -0.3 is 9.80 Å². The van der Waals surface area contributed by atoms with Crippen molar-refractivity contribution in [2.45, 2.75) is 0 Å². The van der Waals surface area contributed by atoms with Crippen molar-refractivity contribution in [1.29, 1.82) is 0 Å². The van der Waals surface area contributed by atoms with Crippen LogP contribution in [0.2, 0.25) is 0 Å². The van der Waals surface area contributed by atoms with Gasteiger partial charge in [0.25, 0.3) is 0 Å². The minimum atomic E-state index is 1.12. The second kappa shape index (κ2) is 10.1. The fraction of sp³-hybridized carbons (Fsp3) is 0.0233. The minimum Gasteiger partial charge on any atom is -0.344 e. The van der Waals surface area contributed by atoms with Gasteiger partial charge in [-0.1, -0.05) is 109 Å². The summed E-state index contributed by atoms with van der Waals surface area (Å²) in [6.07, 6.45) is 0. The zero-order valence-electron chi connectivity index (χ0n) is 25.0. The van der Waals surface area contributed by atoms with Crippen molar-refractivity contribution in [3.05, 3.63) is 164 Å². The Morgan fingerprint density at radius 3 is 1.62 bits per heavy atom. The molecule has 2 nitrogen and oxygen atoms in total. The van der Waals surface area contributed by atoms with E-state index in [-0.39, 0.29) is 0 Å². The van der Waals surface area contributed by atoms with Crippen LogP contribution >= 0.6 is 0 Å². The highest BCUT2D eigenvalue weighted by atomic mass is 15.1. The Labute approximate surface area is 262 Å². The predicted molar refractivity (Wildman–Crippen MR) is 194 cm³/mol. The Bertz CT molecular complexity index is 2450. The SMILES string of the molecule is CN(c1ccc(N(c2ccccc2)c2ccc3ccccc3c2)cc1)c1ccc2c3cccc4cccc(c5cccc1c52)c43. The lowest BCUT2D eigenvalue weighted by Crippen LogP contribution is -2.12. The van der Waals surface area contributed by atoms with Gasteiger partial charge in [0.15, 0.2) is 0 Å². The quantitative estimate of drug-likeness (QED) is 0.149. The second-order valence-electron chi connectivity index (χ2n) is 11.8. The molecule has 0 unspecified atom stereocenters. The molecule has 0 aliphatic rings. The van der Waals surface area contributed by atoms with Crippen molar-refractivity contribution < 1.29 is 0 Å². The summed E-state index contributed by atoms with van der Waals surface area (Å²) in [6.45, 7) is 0. The summed E-state index contributed by atoms with van der Waals surface area (Å²) in [6, 6.07) is 59.5. The van der Waals surface area contributed by atoms with Crippen LogP contribution in [0.1, 0.15) is 0 Å². The van der Waals surface area contributed by atoms with E-state index in [1.54, 1.807) is 0 Å². The van der Waals surface area contributed by atoms with E-state index in [2.05, 4.69) is 181 Å². The molecule has 0 saturated carbocycles. The monoisotopic (exact) mass is 574 g/mol. The summed E-state index contributed by atoms with van der Waals surface area (Å²) in [5.74, 6) is 0. The normalized spacial score (nSPS) is 11.7. The molecule has 9 aromatic carbocycles. The summed E-state index contributed by atoms with van der Waals surface area (Å²) in [7, 11) is 2.18. The molecule has 0 amide bonds. The number of fused-ring (bicyclic) bond motifs is 3. The lowest BCUT2D eigenvalue weighted by Gasteiger charge is -2.27. The number of hydrogen-bond acceptors (Lipinski definition) is 2. The fourth-order valence-corrected chi connectivity index (χ4v) is 7.23. The molecular weight excluding hydrogens is 544 g/mol. The molecule has 0 saturated heterocycles. The molecule has 0 bridgehead atoms. The summed E-state index contributed by atoms with van der Waals surface area (Å²) >= 11 is 0. The van der Waals surface area contributed by atoms with Crippen molar-refractivity contribution in [2.75, 3.05) is 16.8 Å². The number of para-hydroxylation sites is 1. The number of nitrogens with zero attached hydrogens (tertiary/aromatic N) is 2. The van der Waals surface area contributed by atoms with Gasteiger partial charge in [0.2, 0.25) is 0 Å². The van der Waals surface area contributed by atoms with Gasteiger partial charge in [0.1, 0.15) is 0 Å². The van der Waals surface area contributed by atoms with E-state index in [0.717, 1.165) is 22.7 Å². The van der Waals surface area contributed by atoms with E-state index in [1.807, 2.05) is 0 Å². The molecule has 45 heavy (non-hydrogen) atoms. The Balaban J connectivity index is 1.15. The van der Waals surface area contributed by atoms with Crippen LogP contribution in [0.4, 0.5) is 28.4 Å². The number of benzene rings is 9. The molecule has 0 heterocycles. The Morgan fingerprint density at radius 1 is 0.333 bits per heavy atom. The van der Waals surface area contributed by atoms with Crippen molar-refractivity contribution in [3.8, 4) is 0 Å². The largest absolute Gasteiger partial charge is 0.344 e. The zero-order valence-corrected chi connectivity index (χ0v) is 25.0. The Kier molecular flexibility index (Phi) is 5.76. The van der Waals surface area contributed by atoms with Crippen molar-refractivity contribution >= 4 is 82.3 Å². The molecule has 0 fully saturated rings. The van der Waals surface area contributed by atoms with Crippen LogP contribution < -0.4 is 9.80 Å². The van der Waals surface area contributed by atoms with Gasteiger partial charge in [-0.15, -0.1) is 0 Å². The zero-order chi connectivity index (χ0) is 29.9. The predicted octanol–water partition coefficient (Wildman–Crippen LogP) is 12.1. The first kappa shape index (κ1) is 25.6. The maximum atomic E-state index is 2.33. The van der Waals surface area contributed by atoms with E-state index in [4.69, 9.17) is 0 Å². The van der Waals surface area contributed by atoms with Gasteiger partial charge >= 0.3 is 0 Å². The highest BCUT2D eigenvalue weighted by molar-refractivity contribution is 6.34. The molecule has 0 aromatic heterocycles. The van der Waals surface area contributed by atoms with Crippen LogP contribution in [0, 0.1) is 0 Å². The smallest absolute Gasteiger partial charge is 0.0488 e. The highest BCUT2D eigenvalue weighted by Gasteiger charge is 2.18. The topological polar surface area (TPSA) is 6.48 Å². The number of hydrogen-bond donors (Lipinski definition) is 0. The standard InChI is InChI=1S/C43H30N2/c1-44(41-27-26-39-37-17-8-13-30-12-7-16-36(42(30)37)38-18-9-19-40(41)43(38)39)32-22-24-34(25-23-32)45(33-14-3-2-4-15-33)35-21-20-29-10-5-6-11-31(29)28-35/h2-28H,1H3. The molecule has 2 heteroatoms. The molecule has 0 radical (unpaired) electrons. The summed E-state index contributed by atoms with van der Waals surface area (Å²) in [4.78, 5) is 4.65. The first-order chi connectivity index (χ1) is 22.2. The van der Waals surface area contributed by atoms with Crippen LogP contribution in [0.3, 0.4) is 0 Å². The van der Waals surface area contributed by atoms with Gasteiger partial charge in [0.05, 0.1) is 0 Å². The maximum absolute atomic E-state index is 2.33. The van der Waals surface area contributed by atoms with Crippen molar-refractivity contribution in [1.82, 2.24) is 0 Å². The lowest BCUT2D eigenvalue weighted by atomic mass is 9.89. The molecule has 0 spiro atoms. The van der Waals surface area contributed by atoms with Gasteiger partial charge in [0, 0.05) is 40.9 Å². The third kappa shape index (κ3) is 4.03. The van der Waals surface area contributed by atoms with Gasteiger partial charge in [-0.2, -0.15) is 0 Å². The second-order valence-corrected chi connectivity index (χ2v) is 11.8. The first-order valence-corrected chi connectivity index (χ1v) is 15.5. The Hall–Kier alpha value is -5.86. The number of anilines is 5. The van der Waals surface area contributed by atoms with E-state index in [0.29, 0.717) is 0 Å². The van der Waals surface area contributed by atoms with Crippen LogP contribution in [-0.4, -0.2) is 7.05 Å². The molecule has 0 aliphatic heterocycles. The molecule has 9 rings (SSSR count). The van der Waals surface area contributed by atoms with Crippen LogP contribution in [-0.2, 0) is 0 Å².